The number of aliphatic hydroxyl groups excluding tert-OH is 1. The lowest BCUT2D eigenvalue weighted by atomic mass is 10.2. The van der Waals surface area contributed by atoms with Crippen molar-refractivity contribution in [1.82, 2.24) is 4.98 Å². The molecule has 5 heteroatoms. The highest BCUT2D eigenvalue weighted by molar-refractivity contribution is 9.10. The summed E-state index contributed by atoms with van der Waals surface area (Å²) in [6.07, 6.45) is 0. The third kappa shape index (κ3) is 2.86. The van der Waals surface area contributed by atoms with Gasteiger partial charge in [0.2, 0.25) is 5.88 Å². The number of rotatable bonds is 3. The zero-order chi connectivity index (χ0) is 13.1. The fraction of sp³-hybridized carbons (Fsp3) is 0.154. The number of ether oxygens (including phenoxy) is 1. The first-order chi connectivity index (χ1) is 8.60. The number of aryl methyl sites for hydroxylation is 1. The highest BCUT2D eigenvalue weighted by atomic mass is 79.9. The molecule has 0 aliphatic carbocycles. The van der Waals surface area contributed by atoms with Crippen LogP contribution < -0.4 is 4.74 Å². The molecule has 3 nitrogen and oxygen atoms in total. The first kappa shape index (κ1) is 13.0. The zero-order valence-corrected chi connectivity index (χ0v) is 11.2. The molecule has 0 spiro atoms. The number of hydrogen-bond donors (Lipinski definition) is 1. The molecule has 1 aromatic heterocycles. The van der Waals surface area contributed by atoms with Gasteiger partial charge in [-0.1, -0.05) is 0 Å². The Morgan fingerprint density at radius 1 is 1.33 bits per heavy atom. The average molecular weight is 312 g/mol. The number of pyridine rings is 1. The van der Waals surface area contributed by atoms with Crippen molar-refractivity contribution in [3.8, 4) is 11.6 Å². The molecule has 0 saturated carbocycles. The van der Waals surface area contributed by atoms with Gasteiger partial charge in [0.1, 0.15) is 11.6 Å². The number of hydrogen-bond acceptors (Lipinski definition) is 3. The van der Waals surface area contributed by atoms with E-state index in [0.29, 0.717) is 21.8 Å². The Balaban J connectivity index is 2.23. The predicted octanol–water partition coefficient (Wildman–Crippen LogP) is 3.58. The van der Waals surface area contributed by atoms with Gasteiger partial charge in [0.15, 0.2) is 0 Å². The minimum Gasteiger partial charge on any atom is -0.439 e. The van der Waals surface area contributed by atoms with Gasteiger partial charge in [-0.2, -0.15) is 0 Å². The molecule has 18 heavy (non-hydrogen) atoms. The molecule has 0 atom stereocenters. The van der Waals surface area contributed by atoms with Crippen LogP contribution in [0.25, 0.3) is 0 Å². The van der Waals surface area contributed by atoms with E-state index in [2.05, 4.69) is 20.9 Å². The highest BCUT2D eigenvalue weighted by Gasteiger charge is 2.05. The summed E-state index contributed by atoms with van der Waals surface area (Å²) >= 11 is 3.09. The quantitative estimate of drug-likeness (QED) is 0.942. The van der Waals surface area contributed by atoms with Gasteiger partial charge in [-0.3, -0.25) is 0 Å². The second-order valence-corrected chi connectivity index (χ2v) is 4.58. The first-order valence-electron chi connectivity index (χ1n) is 5.30. The number of halogens is 2. The van der Waals surface area contributed by atoms with E-state index in [0.717, 1.165) is 5.56 Å². The SMILES string of the molecule is Cc1nc(Oc2ccc(F)c(Br)c2)ccc1CO. The molecule has 1 aromatic carbocycles. The lowest BCUT2D eigenvalue weighted by molar-refractivity contribution is 0.280. The minimum atomic E-state index is -0.345. The van der Waals surface area contributed by atoms with Crippen molar-refractivity contribution >= 4 is 15.9 Å². The van der Waals surface area contributed by atoms with E-state index < -0.39 is 0 Å². The van der Waals surface area contributed by atoms with Gasteiger partial charge in [0.05, 0.1) is 11.1 Å². The standard InChI is InChI=1S/C13H11BrFNO2/c1-8-9(7-17)2-5-13(16-8)18-10-3-4-12(15)11(14)6-10/h2-6,17H,7H2,1H3. The largest absolute Gasteiger partial charge is 0.439 e. The summed E-state index contributed by atoms with van der Waals surface area (Å²) in [5.41, 5.74) is 1.46. The van der Waals surface area contributed by atoms with Crippen molar-refractivity contribution in [2.24, 2.45) is 0 Å². The molecule has 0 fully saturated rings. The van der Waals surface area contributed by atoms with E-state index in [1.807, 2.05) is 0 Å². The molecular weight excluding hydrogens is 301 g/mol. The number of benzene rings is 1. The van der Waals surface area contributed by atoms with E-state index in [9.17, 15) is 4.39 Å². The van der Waals surface area contributed by atoms with Crippen LogP contribution in [0, 0.1) is 12.7 Å². The van der Waals surface area contributed by atoms with Gasteiger partial charge < -0.3 is 9.84 Å². The van der Waals surface area contributed by atoms with Crippen LogP contribution in [0.1, 0.15) is 11.3 Å². The van der Waals surface area contributed by atoms with E-state index in [1.54, 1.807) is 19.1 Å². The highest BCUT2D eigenvalue weighted by Crippen LogP contribution is 2.25. The normalized spacial score (nSPS) is 10.4. The predicted molar refractivity (Wildman–Crippen MR) is 69.1 cm³/mol. The zero-order valence-electron chi connectivity index (χ0n) is 9.65. The molecule has 1 heterocycles. The Morgan fingerprint density at radius 2 is 2.11 bits per heavy atom. The Kier molecular flexibility index (Phi) is 3.93. The maximum absolute atomic E-state index is 13.1. The molecule has 2 rings (SSSR count). The third-order valence-electron chi connectivity index (χ3n) is 2.45. The van der Waals surface area contributed by atoms with E-state index in [-0.39, 0.29) is 12.4 Å². The van der Waals surface area contributed by atoms with Crippen molar-refractivity contribution in [1.29, 1.82) is 0 Å². The molecule has 0 aliphatic heterocycles. The summed E-state index contributed by atoms with van der Waals surface area (Å²) in [5, 5.41) is 9.04. The van der Waals surface area contributed by atoms with Gasteiger partial charge in [-0.05, 0) is 52.7 Å². The molecule has 94 valence electrons. The minimum absolute atomic E-state index is 0.0544. The molecule has 0 amide bonds. The number of aromatic nitrogens is 1. The Hall–Kier alpha value is -1.46. The first-order valence-corrected chi connectivity index (χ1v) is 6.09. The summed E-state index contributed by atoms with van der Waals surface area (Å²) in [6, 6.07) is 7.78. The molecule has 0 radical (unpaired) electrons. The van der Waals surface area contributed by atoms with Crippen LogP contribution in [0.5, 0.6) is 11.6 Å². The van der Waals surface area contributed by atoms with Crippen molar-refractivity contribution in [2.45, 2.75) is 13.5 Å². The number of nitrogens with zero attached hydrogens (tertiary/aromatic N) is 1. The molecule has 0 saturated heterocycles. The van der Waals surface area contributed by atoms with E-state index in [1.165, 1.54) is 18.2 Å². The molecular formula is C13H11BrFNO2. The summed E-state index contributed by atoms with van der Waals surface area (Å²) in [6.45, 7) is 1.74. The van der Waals surface area contributed by atoms with Gasteiger partial charge in [0.25, 0.3) is 0 Å². The van der Waals surface area contributed by atoms with Crippen LogP contribution >= 0.6 is 15.9 Å². The van der Waals surface area contributed by atoms with Gasteiger partial charge >= 0.3 is 0 Å². The fourth-order valence-corrected chi connectivity index (χ4v) is 1.81. The Labute approximate surface area is 112 Å². The summed E-state index contributed by atoms with van der Waals surface area (Å²) in [5.74, 6) is 0.553. The van der Waals surface area contributed by atoms with E-state index in [4.69, 9.17) is 9.84 Å². The Bertz CT molecular complexity index is 575. The maximum atomic E-state index is 13.1. The topological polar surface area (TPSA) is 42.4 Å². The summed E-state index contributed by atoms with van der Waals surface area (Å²) in [7, 11) is 0. The second-order valence-electron chi connectivity index (χ2n) is 3.73. The van der Waals surface area contributed by atoms with Crippen molar-refractivity contribution in [3.05, 3.63) is 51.9 Å². The third-order valence-corrected chi connectivity index (χ3v) is 3.06. The van der Waals surface area contributed by atoms with Crippen LogP contribution in [0.3, 0.4) is 0 Å². The second kappa shape index (κ2) is 5.46. The molecule has 0 bridgehead atoms. The fourth-order valence-electron chi connectivity index (χ4n) is 1.45. The van der Waals surface area contributed by atoms with Crippen molar-refractivity contribution in [2.75, 3.05) is 0 Å². The van der Waals surface area contributed by atoms with Crippen molar-refractivity contribution < 1.29 is 14.2 Å². The summed E-state index contributed by atoms with van der Waals surface area (Å²) in [4.78, 5) is 4.20. The van der Waals surface area contributed by atoms with Crippen molar-refractivity contribution in [3.63, 3.8) is 0 Å². The lowest BCUT2D eigenvalue weighted by Crippen LogP contribution is -1.95. The van der Waals surface area contributed by atoms with Gasteiger partial charge in [0, 0.05) is 11.8 Å². The Morgan fingerprint density at radius 3 is 2.72 bits per heavy atom. The monoisotopic (exact) mass is 311 g/mol. The van der Waals surface area contributed by atoms with E-state index >= 15 is 0 Å². The average Bonchev–Trinajstić information content (AvgIpc) is 2.34. The van der Waals surface area contributed by atoms with Crippen LogP contribution in [0.2, 0.25) is 0 Å². The molecule has 0 unspecified atom stereocenters. The van der Waals surface area contributed by atoms with Gasteiger partial charge in [-0.25, -0.2) is 9.37 Å². The summed E-state index contributed by atoms with van der Waals surface area (Å²) < 4.78 is 18.9. The van der Waals surface area contributed by atoms with Crippen LogP contribution in [-0.2, 0) is 6.61 Å². The van der Waals surface area contributed by atoms with Crippen LogP contribution in [-0.4, -0.2) is 10.1 Å². The smallest absolute Gasteiger partial charge is 0.219 e. The molecule has 0 aliphatic rings. The van der Waals surface area contributed by atoms with Gasteiger partial charge in [-0.15, -0.1) is 0 Å². The lowest BCUT2D eigenvalue weighted by Gasteiger charge is -2.08. The van der Waals surface area contributed by atoms with Crippen LogP contribution in [0.4, 0.5) is 4.39 Å². The number of aliphatic hydroxyl groups is 1. The van der Waals surface area contributed by atoms with Crippen LogP contribution in [0.15, 0.2) is 34.8 Å². The maximum Gasteiger partial charge on any atom is 0.219 e. The molecule has 2 aromatic rings. The molecule has 1 N–H and O–H groups in total.